The lowest BCUT2D eigenvalue weighted by atomic mass is 10.2. The van der Waals surface area contributed by atoms with Crippen LogP contribution in [0.15, 0.2) is 23.1 Å². The van der Waals surface area contributed by atoms with E-state index < -0.39 is 10.0 Å². The summed E-state index contributed by atoms with van der Waals surface area (Å²) in [6.45, 7) is 2.89. The second-order valence-corrected chi connectivity index (χ2v) is 6.70. The number of hydrogen-bond acceptors (Lipinski definition) is 3. The Morgan fingerprint density at radius 2 is 2.06 bits per heavy atom. The van der Waals surface area contributed by atoms with Crippen molar-refractivity contribution in [3.63, 3.8) is 0 Å². The van der Waals surface area contributed by atoms with Gasteiger partial charge in [0.2, 0.25) is 10.0 Å². The average Bonchev–Trinajstić information content (AvgIpc) is 3.07. The molecule has 0 saturated heterocycles. The minimum atomic E-state index is -3.51. The van der Waals surface area contributed by atoms with Crippen LogP contribution in [-0.4, -0.2) is 27.5 Å². The normalized spacial score (nSPS) is 15.9. The van der Waals surface area contributed by atoms with Crippen LogP contribution in [0, 0.1) is 6.92 Å². The van der Waals surface area contributed by atoms with Gasteiger partial charge in [-0.3, -0.25) is 0 Å². The Kier molecular flexibility index (Phi) is 4.27. The Balaban J connectivity index is 1.95. The molecule has 0 spiro atoms. The Morgan fingerprint density at radius 3 is 2.67 bits per heavy atom. The molecule has 1 saturated carbocycles. The van der Waals surface area contributed by atoms with Crippen LogP contribution in [-0.2, 0) is 10.0 Å². The average molecular weight is 289 g/mol. The van der Waals surface area contributed by atoms with Gasteiger partial charge >= 0.3 is 0 Å². The zero-order valence-electron chi connectivity index (χ0n) is 10.2. The predicted octanol–water partition coefficient (Wildman–Crippen LogP) is 1.68. The second kappa shape index (κ2) is 5.57. The fourth-order valence-electron chi connectivity index (χ4n) is 1.65. The Bertz CT molecular complexity index is 527. The third-order valence-electron chi connectivity index (χ3n) is 2.80. The van der Waals surface area contributed by atoms with Gasteiger partial charge in [-0.1, -0.05) is 17.7 Å². The molecule has 0 atom stereocenters. The van der Waals surface area contributed by atoms with Crippen LogP contribution >= 0.6 is 11.6 Å². The quantitative estimate of drug-likeness (QED) is 0.783. The molecule has 0 aromatic heterocycles. The van der Waals surface area contributed by atoms with Gasteiger partial charge in [0.15, 0.2) is 0 Å². The lowest BCUT2D eigenvalue weighted by Crippen LogP contribution is -2.32. The molecule has 0 bridgehead atoms. The van der Waals surface area contributed by atoms with E-state index in [9.17, 15) is 8.42 Å². The highest BCUT2D eigenvalue weighted by atomic mass is 35.5. The first-order valence-electron chi connectivity index (χ1n) is 5.98. The van der Waals surface area contributed by atoms with Crippen LogP contribution in [0.25, 0.3) is 0 Å². The molecule has 2 N–H and O–H groups in total. The van der Waals surface area contributed by atoms with Gasteiger partial charge < -0.3 is 5.32 Å². The SMILES string of the molecule is Cc1ccc(S(=O)(=O)NCCNC2CC2)c(Cl)c1. The summed E-state index contributed by atoms with van der Waals surface area (Å²) in [6.07, 6.45) is 2.38. The first kappa shape index (κ1) is 13.8. The lowest BCUT2D eigenvalue weighted by molar-refractivity contribution is 0.575. The van der Waals surface area contributed by atoms with E-state index >= 15 is 0 Å². The van der Waals surface area contributed by atoms with Gasteiger partial charge in [0.05, 0.1) is 5.02 Å². The number of hydrogen-bond donors (Lipinski definition) is 2. The molecule has 0 unspecified atom stereocenters. The molecule has 0 radical (unpaired) electrons. The van der Waals surface area contributed by atoms with E-state index in [2.05, 4.69) is 10.0 Å². The highest BCUT2D eigenvalue weighted by Crippen LogP contribution is 2.22. The van der Waals surface area contributed by atoms with Crippen molar-refractivity contribution in [1.82, 2.24) is 10.0 Å². The smallest absolute Gasteiger partial charge is 0.242 e. The molecule has 18 heavy (non-hydrogen) atoms. The van der Waals surface area contributed by atoms with E-state index in [0.29, 0.717) is 19.1 Å². The van der Waals surface area contributed by atoms with Crippen molar-refractivity contribution < 1.29 is 8.42 Å². The molecule has 1 aliphatic rings. The third-order valence-corrected chi connectivity index (χ3v) is 4.75. The Labute approximate surface area is 113 Å². The maximum Gasteiger partial charge on any atom is 0.242 e. The minimum absolute atomic E-state index is 0.140. The summed E-state index contributed by atoms with van der Waals surface area (Å²) in [5.74, 6) is 0. The minimum Gasteiger partial charge on any atom is -0.313 e. The van der Waals surface area contributed by atoms with Crippen molar-refractivity contribution in [1.29, 1.82) is 0 Å². The molecule has 0 heterocycles. The van der Waals surface area contributed by atoms with Gasteiger partial charge in [-0.05, 0) is 37.5 Å². The van der Waals surface area contributed by atoms with Gasteiger partial charge in [-0.15, -0.1) is 0 Å². The summed E-state index contributed by atoms with van der Waals surface area (Å²) in [5, 5.41) is 3.51. The predicted molar refractivity (Wildman–Crippen MR) is 72.4 cm³/mol. The molecule has 1 fully saturated rings. The van der Waals surface area contributed by atoms with E-state index in [1.807, 2.05) is 6.92 Å². The van der Waals surface area contributed by atoms with Crippen LogP contribution in [0.5, 0.6) is 0 Å². The van der Waals surface area contributed by atoms with E-state index in [1.54, 1.807) is 12.1 Å². The lowest BCUT2D eigenvalue weighted by Gasteiger charge is -2.09. The van der Waals surface area contributed by atoms with Crippen LogP contribution in [0.3, 0.4) is 0 Å². The highest BCUT2D eigenvalue weighted by molar-refractivity contribution is 7.89. The van der Waals surface area contributed by atoms with E-state index in [1.165, 1.54) is 18.9 Å². The molecular formula is C12H17ClN2O2S. The maximum absolute atomic E-state index is 12.0. The van der Waals surface area contributed by atoms with Crippen molar-refractivity contribution in [2.75, 3.05) is 13.1 Å². The van der Waals surface area contributed by atoms with Gasteiger partial charge in [-0.25, -0.2) is 13.1 Å². The Hall–Kier alpha value is -0.620. The van der Waals surface area contributed by atoms with Gasteiger partial charge in [0.25, 0.3) is 0 Å². The summed E-state index contributed by atoms with van der Waals surface area (Å²) < 4.78 is 26.5. The van der Waals surface area contributed by atoms with Gasteiger partial charge in [0, 0.05) is 19.1 Å². The monoisotopic (exact) mass is 288 g/mol. The molecule has 100 valence electrons. The van der Waals surface area contributed by atoms with Crippen molar-refractivity contribution in [3.05, 3.63) is 28.8 Å². The van der Waals surface area contributed by atoms with Crippen molar-refractivity contribution in [2.24, 2.45) is 0 Å². The fourth-order valence-corrected chi connectivity index (χ4v) is 3.28. The summed E-state index contributed by atoms with van der Waals surface area (Å²) in [4.78, 5) is 0.140. The summed E-state index contributed by atoms with van der Waals surface area (Å²) in [7, 11) is -3.51. The van der Waals surface area contributed by atoms with Crippen LogP contribution in [0.2, 0.25) is 5.02 Å². The molecule has 1 aromatic rings. The Morgan fingerprint density at radius 1 is 1.33 bits per heavy atom. The first-order chi connectivity index (χ1) is 8.49. The fraction of sp³-hybridized carbons (Fsp3) is 0.500. The van der Waals surface area contributed by atoms with Crippen LogP contribution < -0.4 is 10.0 Å². The largest absolute Gasteiger partial charge is 0.313 e. The number of aryl methyl sites for hydroxylation is 1. The van der Waals surface area contributed by atoms with E-state index in [-0.39, 0.29) is 9.92 Å². The van der Waals surface area contributed by atoms with Gasteiger partial charge in [-0.2, -0.15) is 0 Å². The summed E-state index contributed by atoms with van der Waals surface area (Å²) in [5.41, 5.74) is 0.939. The standard InChI is InChI=1S/C12H17ClN2O2S/c1-9-2-5-12(11(13)8-9)18(16,17)15-7-6-14-10-3-4-10/h2,5,8,10,14-15H,3-4,6-7H2,1H3. The topological polar surface area (TPSA) is 58.2 Å². The zero-order chi connectivity index (χ0) is 13.2. The van der Waals surface area contributed by atoms with E-state index in [4.69, 9.17) is 11.6 Å². The summed E-state index contributed by atoms with van der Waals surface area (Å²) >= 11 is 5.95. The number of nitrogens with one attached hydrogen (secondary N) is 2. The van der Waals surface area contributed by atoms with Crippen molar-refractivity contribution >= 4 is 21.6 Å². The van der Waals surface area contributed by atoms with E-state index in [0.717, 1.165) is 5.56 Å². The molecule has 4 nitrogen and oxygen atoms in total. The molecule has 1 aliphatic carbocycles. The number of rotatable bonds is 6. The maximum atomic E-state index is 12.0. The molecular weight excluding hydrogens is 272 g/mol. The van der Waals surface area contributed by atoms with Crippen LogP contribution in [0.4, 0.5) is 0 Å². The molecule has 2 rings (SSSR count). The summed E-state index contributed by atoms with van der Waals surface area (Å²) in [6, 6.07) is 5.51. The number of sulfonamides is 1. The van der Waals surface area contributed by atoms with Crippen molar-refractivity contribution in [2.45, 2.75) is 30.7 Å². The number of benzene rings is 1. The molecule has 0 amide bonds. The number of halogens is 1. The van der Waals surface area contributed by atoms with Gasteiger partial charge in [0.1, 0.15) is 4.90 Å². The molecule has 1 aromatic carbocycles. The third kappa shape index (κ3) is 3.68. The zero-order valence-corrected chi connectivity index (χ0v) is 11.8. The molecule has 0 aliphatic heterocycles. The second-order valence-electron chi connectivity index (χ2n) is 4.56. The molecule has 6 heteroatoms. The van der Waals surface area contributed by atoms with Crippen LogP contribution in [0.1, 0.15) is 18.4 Å². The first-order valence-corrected chi connectivity index (χ1v) is 7.84. The highest BCUT2D eigenvalue weighted by Gasteiger charge is 2.21. The van der Waals surface area contributed by atoms with Crippen molar-refractivity contribution in [3.8, 4) is 0 Å².